The summed E-state index contributed by atoms with van der Waals surface area (Å²) in [6.07, 6.45) is 4.02. The molecule has 1 saturated carbocycles. The zero-order chi connectivity index (χ0) is 18.6. The third kappa shape index (κ3) is 4.78. The molecular formula is C19H19FN4O2S. The summed E-state index contributed by atoms with van der Waals surface area (Å²) in [5.74, 6) is 0.351. The first-order valence-electron chi connectivity index (χ1n) is 8.79. The van der Waals surface area contributed by atoms with Crippen molar-refractivity contribution >= 4 is 17.2 Å². The van der Waals surface area contributed by atoms with Crippen LogP contribution >= 0.6 is 11.3 Å². The number of furan rings is 1. The normalized spacial score (nSPS) is 13.9. The standard InChI is InChI=1S/C19H19FN4O2S/c20-14-5-3-13(4-6-14)10-21-18(25)19-23-22-17(27-19)12-24(15-7-8-15)11-16-2-1-9-26-16/h1-6,9,15H,7-8,10-12H2,(H,21,25). The lowest BCUT2D eigenvalue weighted by atomic mass is 10.2. The maximum Gasteiger partial charge on any atom is 0.282 e. The Labute approximate surface area is 160 Å². The summed E-state index contributed by atoms with van der Waals surface area (Å²) in [7, 11) is 0. The first-order chi connectivity index (χ1) is 13.2. The molecule has 0 radical (unpaired) electrons. The molecule has 6 nitrogen and oxygen atoms in total. The summed E-state index contributed by atoms with van der Waals surface area (Å²) in [5, 5.41) is 12.1. The van der Waals surface area contributed by atoms with Crippen molar-refractivity contribution in [1.29, 1.82) is 0 Å². The third-order valence-electron chi connectivity index (χ3n) is 4.37. The van der Waals surface area contributed by atoms with Crippen LogP contribution in [0.5, 0.6) is 0 Å². The van der Waals surface area contributed by atoms with Crippen molar-refractivity contribution in [3.8, 4) is 0 Å². The van der Waals surface area contributed by atoms with Crippen LogP contribution in [0.25, 0.3) is 0 Å². The van der Waals surface area contributed by atoms with Crippen molar-refractivity contribution in [2.75, 3.05) is 0 Å². The predicted molar refractivity (Wildman–Crippen MR) is 98.5 cm³/mol. The van der Waals surface area contributed by atoms with Crippen molar-refractivity contribution in [2.45, 2.75) is 38.5 Å². The highest BCUT2D eigenvalue weighted by molar-refractivity contribution is 7.13. The second-order valence-electron chi connectivity index (χ2n) is 6.53. The number of carbonyl (C=O) groups is 1. The van der Waals surface area contributed by atoms with E-state index in [4.69, 9.17) is 4.42 Å². The molecule has 4 rings (SSSR count). The van der Waals surface area contributed by atoms with Gasteiger partial charge in [0.25, 0.3) is 5.91 Å². The minimum absolute atomic E-state index is 0.271. The minimum Gasteiger partial charge on any atom is -0.468 e. The minimum atomic E-state index is -0.298. The largest absolute Gasteiger partial charge is 0.468 e. The van der Waals surface area contributed by atoms with Gasteiger partial charge in [-0.05, 0) is 42.7 Å². The van der Waals surface area contributed by atoms with Crippen molar-refractivity contribution < 1.29 is 13.6 Å². The number of benzene rings is 1. The smallest absolute Gasteiger partial charge is 0.282 e. The first kappa shape index (κ1) is 17.8. The Hall–Kier alpha value is -2.58. The van der Waals surface area contributed by atoms with Gasteiger partial charge >= 0.3 is 0 Å². The van der Waals surface area contributed by atoms with Crippen LogP contribution in [0.4, 0.5) is 4.39 Å². The van der Waals surface area contributed by atoms with E-state index in [1.807, 2.05) is 12.1 Å². The van der Waals surface area contributed by atoms with E-state index in [1.54, 1.807) is 18.4 Å². The van der Waals surface area contributed by atoms with Crippen LogP contribution in [0.2, 0.25) is 0 Å². The molecule has 0 saturated heterocycles. The quantitative estimate of drug-likeness (QED) is 0.643. The maximum atomic E-state index is 12.9. The van der Waals surface area contributed by atoms with E-state index in [9.17, 15) is 9.18 Å². The molecule has 1 fully saturated rings. The molecule has 27 heavy (non-hydrogen) atoms. The highest BCUT2D eigenvalue weighted by atomic mass is 32.1. The molecule has 1 aliphatic carbocycles. The van der Waals surface area contributed by atoms with Crippen LogP contribution in [0.1, 0.15) is 39.0 Å². The molecule has 1 aromatic carbocycles. The van der Waals surface area contributed by atoms with Gasteiger partial charge in [-0.15, -0.1) is 10.2 Å². The fraction of sp³-hybridized carbons (Fsp3) is 0.316. The molecule has 0 unspecified atom stereocenters. The average Bonchev–Trinajstić information content (AvgIpc) is 3.19. The Bertz CT molecular complexity index is 891. The molecule has 140 valence electrons. The summed E-state index contributed by atoms with van der Waals surface area (Å²) >= 11 is 1.30. The van der Waals surface area contributed by atoms with Crippen molar-refractivity contribution in [2.24, 2.45) is 0 Å². The molecule has 1 aliphatic rings. The van der Waals surface area contributed by atoms with Crippen LogP contribution in [-0.2, 0) is 19.6 Å². The first-order valence-corrected chi connectivity index (χ1v) is 9.60. The molecule has 2 aromatic heterocycles. The lowest BCUT2D eigenvalue weighted by Crippen LogP contribution is -2.24. The van der Waals surface area contributed by atoms with E-state index in [-0.39, 0.29) is 11.7 Å². The topological polar surface area (TPSA) is 71.3 Å². The second kappa shape index (κ2) is 7.98. The van der Waals surface area contributed by atoms with E-state index in [1.165, 1.54) is 36.3 Å². The Morgan fingerprint density at radius 3 is 2.74 bits per heavy atom. The third-order valence-corrected chi connectivity index (χ3v) is 5.27. The monoisotopic (exact) mass is 386 g/mol. The van der Waals surface area contributed by atoms with Gasteiger partial charge in [-0.3, -0.25) is 9.69 Å². The zero-order valence-electron chi connectivity index (χ0n) is 14.6. The lowest BCUT2D eigenvalue weighted by molar-refractivity contribution is 0.0950. The van der Waals surface area contributed by atoms with Crippen LogP contribution < -0.4 is 5.32 Å². The van der Waals surface area contributed by atoms with Gasteiger partial charge in [-0.2, -0.15) is 0 Å². The number of hydrogen-bond acceptors (Lipinski definition) is 6. The maximum absolute atomic E-state index is 12.9. The van der Waals surface area contributed by atoms with Crippen LogP contribution in [0, 0.1) is 5.82 Å². The number of rotatable bonds is 8. The summed E-state index contributed by atoms with van der Waals surface area (Å²) in [4.78, 5) is 14.6. The molecule has 0 bridgehead atoms. The number of halogens is 1. The van der Waals surface area contributed by atoms with Crippen molar-refractivity contribution in [3.63, 3.8) is 0 Å². The van der Waals surface area contributed by atoms with Gasteiger partial charge in [0.05, 0.1) is 19.4 Å². The molecule has 8 heteroatoms. The fourth-order valence-corrected chi connectivity index (χ4v) is 3.58. The van der Waals surface area contributed by atoms with E-state index in [0.29, 0.717) is 24.1 Å². The van der Waals surface area contributed by atoms with Crippen LogP contribution in [-0.4, -0.2) is 27.0 Å². The summed E-state index contributed by atoms with van der Waals surface area (Å²) in [6.45, 7) is 1.69. The van der Waals surface area contributed by atoms with E-state index < -0.39 is 0 Å². The molecule has 0 atom stereocenters. The Morgan fingerprint density at radius 1 is 1.22 bits per heavy atom. The summed E-state index contributed by atoms with van der Waals surface area (Å²) in [5.41, 5.74) is 0.827. The molecule has 0 spiro atoms. The lowest BCUT2D eigenvalue weighted by Gasteiger charge is -2.18. The van der Waals surface area contributed by atoms with Gasteiger partial charge in [-0.1, -0.05) is 23.5 Å². The van der Waals surface area contributed by atoms with Crippen LogP contribution in [0.15, 0.2) is 47.1 Å². The van der Waals surface area contributed by atoms with Gasteiger partial charge in [0.15, 0.2) is 0 Å². The number of hydrogen-bond donors (Lipinski definition) is 1. The van der Waals surface area contributed by atoms with E-state index in [0.717, 1.165) is 22.9 Å². The number of nitrogens with one attached hydrogen (secondary N) is 1. The van der Waals surface area contributed by atoms with Crippen molar-refractivity contribution in [3.05, 3.63) is 69.8 Å². The van der Waals surface area contributed by atoms with Crippen LogP contribution in [0.3, 0.4) is 0 Å². The van der Waals surface area contributed by atoms with Gasteiger partial charge in [0.1, 0.15) is 16.6 Å². The Balaban J connectivity index is 1.34. The van der Waals surface area contributed by atoms with Crippen molar-refractivity contribution in [1.82, 2.24) is 20.4 Å². The molecule has 0 aliphatic heterocycles. The number of carbonyl (C=O) groups excluding carboxylic acids is 1. The highest BCUT2D eigenvalue weighted by Gasteiger charge is 2.30. The number of aromatic nitrogens is 2. The Kier molecular flexibility index (Phi) is 5.26. The second-order valence-corrected chi connectivity index (χ2v) is 7.59. The average molecular weight is 386 g/mol. The van der Waals surface area contributed by atoms with Gasteiger partial charge in [-0.25, -0.2) is 4.39 Å². The van der Waals surface area contributed by atoms with E-state index in [2.05, 4.69) is 20.4 Å². The zero-order valence-corrected chi connectivity index (χ0v) is 15.4. The molecule has 2 heterocycles. The summed E-state index contributed by atoms with van der Waals surface area (Å²) < 4.78 is 18.4. The number of nitrogens with zero attached hydrogens (tertiary/aromatic N) is 3. The summed E-state index contributed by atoms with van der Waals surface area (Å²) in [6, 6.07) is 10.4. The fourth-order valence-electron chi connectivity index (χ4n) is 2.80. The predicted octanol–water partition coefficient (Wildman–Crippen LogP) is 3.36. The molecular weight excluding hydrogens is 367 g/mol. The number of amides is 1. The molecule has 3 aromatic rings. The SMILES string of the molecule is O=C(NCc1ccc(F)cc1)c1nnc(CN(Cc2ccco2)C2CC2)s1. The van der Waals surface area contributed by atoms with E-state index >= 15 is 0 Å². The van der Waals surface area contributed by atoms with Gasteiger partial charge < -0.3 is 9.73 Å². The Morgan fingerprint density at radius 2 is 2.04 bits per heavy atom. The highest BCUT2D eigenvalue weighted by Crippen LogP contribution is 2.30. The van der Waals surface area contributed by atoms with Gasteiger partial charge in [0, 0.05) is 12.6 Å². The molecule has 1 N–H and O–H groups in total. The molecule has 1 amide bonds. The van der Waals surface area contributed by atoms with Gasteiger partial charge in [0.2, 0.25) is 5.01 Å².